The first kappa shape index (κ1) is 14.4. The van der Waals surface area contributed by atoms with Gasteiger partial charge in [0, 0.05) is 21.9 Å². The van der Waals surface area contributed by atoms with Crippen molar-refractivity contribution >= 4 is 29.2 Å². The summed E-state index contributed by atoms with van der Waals surface area (Å²) in [5, 5.41) is 10.7. The Hall–Kier alpha value is -0.680. The molecule has 0 aromatic heterocycles. The Labute approximate surface area is 111 Å². The van der Waals surface area contributed by atoms with Crippen molar-refractivity contribution in [3.05, 3.63) is 28.3 Å². The zero-order chi connectivity index (χ0) is 12.7. The topological polar surface area (TPSA) is 43.1 Å². The average Bonchev–Trinajstić information content (AvgIpc) is 2.34. The molecule has 0 saturated carbocycles. The van der Waals surface area contributed by atoms with Crippen LogP contribution in [0, 0.1) is 10.1 Å². The molecular weight excluding hydrogens is 254 g/mol. The van der Waals surface area contributed by atoms with Crippen LogP contribution in [-0.4, -0.2) is 16.4 Å². The fourth-order valence-electron chi connectivity index (χ4n) is 1.27. The van der Waals surface area contributed by atoms with E-state index in [1.54, 1.807) is 35.7 Å². The van der Waals surface area contributed by atoms with E-state index in [2.05, 4.69) is 13.8 Å². The van der Waals surface area contributed by atoms with E-state index in [0.717, 1.165) is 34.1 Å². The second-order valence-corrected chi connectivity index (χ2v) is 5.86. The number of benzene rings is 1. The molecule has 94 valence electrons. The number of hydrogen-bond acceptors (Lipinski definition) is 4. The third-order valence-corrected chi connectivity index (χ3v) is 4.73. The summed E-state index contributed by atoms with van der Waals surface area (Å²) in [6.45, 7) is 4.25. The van der Waals surface area contributed by atoms with Gasteiger partial charge in [-0.25, -0.2) is 0 Å². The molecule has 1 aromatic carbocycles. The molecule has 0 aliphatic rings. The van der Waals surface area contributed by atoms with E-state index in [-0.39, 0.29) is 10.6 Å². The van der Waals surface area contributed by atoms with Crippen LogP contribution in [0.25, 0.3) is 0 Å². The van der Waals surface area contributed by atoms with Gasteiger partial charge in [-0.3, -0.25) is 10.1 Å². The smallest absolute Gasteiger partial charge is 0.258 e. The second-order valence-electron chi connectivity index (χ2n) is 3.59. The summed E-state index contributed by atoms with van der Waals surface area (Å²) in [6, 6.07) is 5.16. The molecule has 1 rings (SSSR count). The molecule has 0 spiro atoms. The van der Waals surface area contributed by atoms with Crippen molar-refractivity contribution in [1.29, 1.82) is 0 Å². The van der Waals surface area contributed by atoms with E-state index < -0.39 is 0 Å². The maximum Gasteiger partial charge on any atom is 0.270 e. The molecule has 17 heavy (non-hydrogen) atoms. The Bertz CT molecular complexity index is 383. The van der Waals surface area contributed by atoms with Gasteiger partial charge in [-0.05, 0) is 30.4 Å². The van der Waals surface area contributed by atoms with Crippen molar-refractivity contribution in [2.45, 2.75) is 36.5 Å². The van der Waals surface area contributed by atoms with Crippen LogP contribution in [0.3, 0.4) is 0 Å². The second kappa shape index (κ2) is 7.61. The van der Waals surface area contributed by atoms with Gasteiger partial charge in [0.2, 0.25) is 0 Å². The molecule has 0 amide bonds. The van der Waals surface area contributed by atoms with Crippen LogP contribution in [0.1, 0.15) is 26.7 Å². The third-order valence-electron chi connectivity index (χ3n) is 2.06. The summed E-state index contributed by atoms with van der Waals surface area (Å²) in [7, 11) is 0. The Kier molecular flexibility index (Phi) is 6.44. The fourth-order valence-corrected chi connectivity index (χ4v) is 3.25. The average molecular weight is 271 g/mol. The van der Waals surface area contributed by atoms with E-state index in [9.17, 15) is 10.1 Å². The molecular formula is C12H17NO2S2. The van der Waals surface area contributed by atoms with Crippen LogP contribution in [0.15, 0.2) is 28.0 Å². The van der Waals surface area contributed by atoms with Gasteiger partial charge in [0.25, 0.3) is 5.69 Å². The lowest BCUT2D eigenvalue weighted by atomic mass is 10.3. The molecule has 0 atom stereocenters. The SMILES string of the molecule is CCCSc1ccc([N+](=O)[O-])cc1SCCC. The summed E-state index contributed by atoms with van der Waals surface area (Å²) in [6.07, 6.45) is 2.19. The zero-order valence-electron chi connectivity index (χ0n) is 10.1. The van der Waals surface area contributed by atoms with Gasteiger partial charge in [-0.1, -0.05) is 13.8 Å². The highest BCUT2D eigenvalue weighted by Crippen LogP contribution is 2.34. The molecule has 0 bridgehead atoms. The molecule has 5 heteroatoms. The monoisotopic (exact) mass is 271 g/mol. The molecule has 0 aliphatic heterocycles. The number of nitro groups is 1. The van der Waals surface area contributed by atoms with Crippen molar-refractivity contribution in [2.75, 3.05) is 11.5 Å². The maximum absolute atomic E-state index is 10.7. The minimum Gasteiger partial charge on any atom is -0.258 e. The minimum atomic E-state index is -0.329. The quantitative estimate of drug-likeness (QED) is 0.413. The van der Waals surface area contributed by atoms with E-state index in [1.165, 1.54) is 0 Å². The first-order valence-corrected chi connectivity index (χ1v) is 7.70. The normalized spacial score (nSPS) is 10.5. The lowest BCUT2D eigenvalue weighted by molar-refractivity contribution is -0.385. The van der Waals surface area contributed by atoms with Crippen LogP contribution in [-0.2, 0) is 0 Å². The number of nitrogens with zero attached hydrogens (tertiary/aromatic N) is 1. The summed E-state index contributed by atoms with van der Waals surface area (Å²) in [5.74, 6) is 2.05. The standard InChI is InChI=1S/C12H17NO2S2/c1-3-7-16-11-6-5-10(13(14)15)9-12(11)17-8-4-2/h5-6,9H,3-4,7-8H2,1-2H3. The number of nitro benzene ring substituents is 1. The van der Waals surface area contributed by atoms with Crippen molar-refractivity contribution in [3.63, 3.8) is 0 Å². The largest absolute Gasteiger partial charge is 0.270 e. The maximum atomic E-state index is 10.7. The van der Waals surface area contributed by atoms with Crippen molar-refractivity contribution < 1.29 is 4.92 Å². The minimum absolute atomic E-state index is 0.185. The van der Waals surface area contributed by atoms with Crippen LogP contribution >= 0.6 is 23.5 Å². The lowest BCUT2D eigenvalue weighted by Gasteiger charge is -2.07. The molecule has 1 aromatic rings. The molecule has 0 fully saturated rings. The van der Waals surface area contributed by atoms with Crippen molar-refractivity contribution in [3.8, 4) is 0 Å². The van der Waals surface area contributed by atoms with Gasteiger partial charge in [0.1, 0.15) is 0 Å². The van der Waals surface area contributed by atoms with E-state index in [1.807, 2.05) is 6.07 Å². The van der Waals surface area contributed by atoms with E-state index in [0.29, 0.717) is 0 Å². The first-order chi connectivity index (χ1) is 8.19. The number of thioether (sulfide) groups is 2. The summed E-state index contributed by atoms with van der Waals surface area (Å²) < 4.78 is 0. The molecule has 0 aliphatic carbocycles. The van der Waals surface area contributed by atoms with E-state index >= 15 is 0 Å². The van der Waals surface area contributed by atoms with Crippen LogP contribution in [0.4, 0.5) is 5.69 Å². The predicted octanol–water partition coefficient (Wildman–Crippen LogP) is 4.60. The van der Waals surface area contributed by atoms with Gasteiger partial charge < -0.3 is 0 Å². The van der Waals surface area contributed by atoms with Gasteiger partial charge in [-0.15, -0.1) is 23.5 Å². The van der Waals surface area contributed by atoms with Gasteiger partial charge in [-0.2, -0.15) is 0 Å². The Morgan fingerprint density at radius 1 is 1.12 bits per heavy atom. The fraction of sp³-hybridized carbons (Fsp3) is 0.500. The Balaban J connectivity index is 2.90. The Morgan fingerprint density at radius 3 is 2.24 bits per heavy atom. The van der Waals surface area contributed by atoms with Crippen LogP contribution in [0.2, 0.25) is 0 Å². The molecule has 0 saturated heterocycles. The number of rotatable bonds is 7. The predicted molar refractivity (Wildman–Crippen MR) is 75.1 cm³/mol. The van der Waals surface area contributed by atoms with Crippen LogP contribution in [0.5, 0.6) is 0 Å². The van der Waals surface area contributed by atoms with Gasteiger partial charge >= 0.3 is 0 Å². The Morgan fingerprint density at radius 2 is 1.71 bits per heavy atom. The van der Waals surface area contributed by atoms with Gasteiger partial charge in [0.05, 0.1) is 4.92 Å². The highest BCUT2D eigenvalue weighted by Gasteiger charge is 2.11. The summed E-state index contributed by atoms with van der Waals surface area (Å²) >= 11 is 3.48. The highest BCUT2D eigenvalue weighted by atomic mass is 32.2. The third kappa shape index (κ3) is 4.60. The first-order valence-electron chi connectivity index (χ1n) is 5.73. The molecule has 0 unspecified atom stereocenters. The summed E-state index contributed by atoms with van der Waals surface area (Å²) in [4.78, 5) is 12.6. The molecule has 0 N–H and O–H groups in total. The van der Waals surface area contributed by atoms with Crippen molar-refractivity contribution in [1.82, 2.24) is 0 Å². The lowest BCUT2D eigenvalue weighted by Crippen LogP contribution is -1.90. The zero-order valence-corrected chi connectivity index (χ0v) is 11.8. The van der Waals surface area contributed by atoms with Crippen molar-refractivity contribution in [2.24, 2.45) is 0 Å². The van der Waals surface area contributed by atoms with E-state index in [4.69, 9.17) is 0 Å². The van der Waals surface area contributed by atoms with Gasteiger partial charge in [0.15, 0.2) is 0 Å². The summed E-state index contributed by atoms with van der Waals surface area (Å²) in [5.41, 5.74) is 0.185. The number of non-ortho nitro benzene ring substituents is 1. The molecule has 3 nitrogen and oxygen atoms in total. The number of hydrogen-bond donors (Lipinski definition) is 0. The van der Waals surface area contributed by atoms with Crippen LogP contribution < -0.4 is 0 Å². The molecule has 0 radical (unpaired) electrons. The highest BCUT2D eigenvalue weighted by molar-refractivity contribution is 8.02. The molecule has 0 heterocycles.